The van der Waals surface area contributed by atoms with Gasteiger partial charge in [0.25, 0.3) is 0 Å². The van der Waals surface area contributed by atoms with Gasteiger partial charge in [-0.05, 0) is 57.4 Å². The fraction of sp³-hybridized carbons (Fsp3) is 0.885. The summed E-state index contributed by atoms with van der Waals surface area (Å²) < 4.78 is 5.87. The molecule has 4 saturated heterocycles. The Kier molecular flexibility index (Phi) is 8.43. The molecule has 0 aromatic heterocycles. The first-order valence-electron chi connectivity index (χ1n) is 13.9. The van der Waals surface area contributed by atoms with Crippen LogP contribution in [0.4, 0.5) is 0 Å². The molecule has 36 heavy (non-hydrogen) atoms. The van der Waals surface area contributed by atoms with E-state index in [1.807, 2.05) is 12.0 Å². The summed E-state index contributed by atoms with van der Waals surface area (Å²) >= 11 is 1.72. The lowest BCUT2D eigenvalue weighted by Gasteiger charge is -2.44. The number of nitrogens with zero attached hydrogens (tertiary/aromatic N) is 2. The van der Waals surface area contributed by atoms with Gasteiger partial charge < -0.3 is 25.6 Å². The van der Waals surface area contributed by atoms with Crippen molar-refractivity contribution in [2.45, 2.75) is 86.8 Å². The number of nitriles is 1. The zero-order valence-electron chi connectivity index (χ0n) is 21.6. The van der Waals surface area contributed by atoms with E-state index in [0.29, 0.717) is 37.5 Å². The van der Waals surface area contributed by atoms with Crippen LogP contribution in [0.15, 0.2) is 0 Å². The summed E-state index contributed by atoms with van der Waals surface area (Å²) in [5.41, 5.74) is -0.131. The summed E-state index contributed by atoms with van der Waals surface area (Å²) in [5, 5.41) is 23.4. The maximum atomic E-state index is 13.5. The lowest BCUT2D eigenvalue weighted by molar-refractivity contribution is -0.134. The molecule has 4 aliphatic heterocycles. The highest BCUT2D eigenvalue weighted by molar-refractivity contribution is 8.00. The Morgan fingerprint density at radius 2 is 1.94 bits per heavy atom. The molecule has 10 atom stereocenters. The molecule has 1 saturated carbocycles. The number of nitrogens with one attached hydrogen (secondary N) is 4. The zero-order valence-corrected chi connectivity index (χ0v) is 22.4. The third-order valence-corrected chi connectivity index (χ3v) is 10.5. The molecule has 0 aromatic carbocycles. The fourth-order valence-electron chi connectivity index (χ4n) is 7.26. The van der Waals surface area contributed by atoms with Gasteiger partial charge in [-0.15, -0.1) is 11.8 Å². The average Bonchev–Trinajstić information content (AvgIpc) is 3.47. The molecule has 4 heterocycles. The van der Waals surface area contributed by atoms with E-state index in [0.717, 1.165) is 38.6 Å². The fourth-order valence-corrected chi connectivity index (χ4v) is 8.67. The molecule has 4 N–H and O–H groups in total. The van der Waals surface area contributed by atoms with Crippen LogP contribution < -0.4 is 21.3 Å². The molecule has 10 heteroatoms. The number of piperidine rings is 2. The van der Waals surface area contributed by atoms with Gasteiger partial charge in [-0.2, -0.15) is 5.26 Å². The van der Waals surface area contributed by atoms with E-state index in [4.69, 9.17) is 4.74 Å². The van der Waals surface area contributed by atoms with Crippen LogP contribution >= 0.6 is 11.8 Å². The van der Waals surface area contributed by atoms with E-state index in [-0.39, 0.29) is 46.5 Å². The minimum atomic E-state index is -0.392. The Hall–Kier alpha value is -1.38. The maximum Gasteiger partial charge on any atom is 0.241 e. The normalized spacial score (nSPS) is 43.0. The van der Waals surface area contributed by atoms with Gasteiger partial charge in [-0.3, -0.25) is 14.9 Å². The molecule has 1 aliphatic carbocycles. The lowest BCUT2D eigenvalue weighted by Crippen LogP contribution is -2.55. The highest BCUT2D eigenvalue weighted by Crippen LogP contribution is 2.40. The van der Waals surface area contributed by atoms with Crippen molar-refractivity contribution in [3.63, 3.8) is 0 Å². The van der Waals surface area contributed by atoms with Crippen LogP contribution in [0.2, 0.25) is 0 Å². The minimum absolute atomic E-state index is 0.0454. The van der Waals surface area contributed by atoms with E-state index >= 15 is 0 Å². The smallest absolute Gasteiger partial charge is 0.241 e. The van der Waals surface area contributed by atoms with E-state index < -0.39 is 6.04 Å². The lowest BCUT2D eigenvalue weighted by atomic mass is 9.68. The van der Waals surface area contributed by atoms with E-state index in [1.165, 1.54) is 12.8 Å². The largest absolute Gasteiger partial charge is 0.381 e. The molecule has 10 unspecified atom stereocenters. The van der Waals surface area contributed by atoms with Crippen molar-refractivity contribution >= 4 is 23.6 Å². The van der Waals surface area contributed by atoms with Gasteiger partial charge in [0, 0.05) is 44.1 Å². The molecule has 0 spiro atoms. The molecule has 200 valence electrons. The summed E-state index contributed by atoms with van der Waals surface area (Å²) in [7, 11) is 1.82. The van der Waals surface area contributed by atoms with E-state index in [9.17, 15) is 14.9 Å². The molecule has 9 nitrogen and oxygen atoms in total. The monoisotopic (exact) mass is 518 g/mol. The first-order valence-corrected chi connectivity index (χ1v) is 14.8. The second-order valence-electron chi connectivity index (χ2n) is 11.4. The topological polar surface area (TPSA) is 119 Å². The Morgan fingerprint density at radius 1 is 1.11 bits per heavy atom. The predicted molar refractivity (Wildman–Crippen MR) is 139 cm³/mol. The SMILES string of the molecule is COC1CCCCC1C1CC(C)NCC1C(=O)NC1NC2CN(C(=O)C3NCCCC3C#N)CC2S1. The van der Waals surface area contributed by atoms with Crippen molar-refractivity contribution in [1.29, 1.82) is 5.26 Å². The number of rotatable bonds is 5. The van der Waals surface area contributed by atoms with Crippen LogP contribution in [0.3, 0.4) is 0 Å². The Bertz CT molecular complexity index is 840. The number of methoxy groups -OCH3 is 1. The molecule has 2 amide bonds. The van der Waals surface area contributed by atoms with Gasteiger partial charge in [0.2, 0.25) is 11.8 Å². The van der Waals surface area contributed by atoms with Crippen molar-refractivity contribution in [3.05, 3.63) is 0 Å². The Labute approximate surface area is 219 Å². The molecule has 5 rings (SSSR count). The van der Waals surface area contributed by atoms with Crippen molar-refractivity contribution in [1.82, 2.24) is 26.2 Å². The summed E-state index contributed by atoms with van der Waals surface area (Å²) in [6, 6.07) is 2.50. The van der Waals surface area contributed by atoms with Gasteiger partial charge in [0.15, 0.2) is 0 Å². The third kappa shape index (κ3) is 5.41. The first kappa shape index (κ1) is 26.2. The van der Waals surface area contributed by atoms with Crippen LogP contribution in [0.5, 0.6) is 0 Å². The van der Waals surface area contributed by atoms with E-state index in [2.05, 4.69) is 34.3 Å². The van der Waals surface area contributed by atoms with Crippen molar-refractivity contribution < 1.29 is 14.3 Å². The average molecular weight is 519 g/mol. The van der Waals surface area contributed by atoms with Crippen LogP contribution in [0.1, 0.15) is 51.9 Å². The van der Waals surface area contributed by atoms with Crippen molar-refractivity contribution in [2.24, 2.45) is 23.7 Å². The molecule has 5 aliphatic rings. The summed E-state index contributed by atoms with van der Waals surface area (Å²) in [6.07, 6.45) is 7.66. The maximum absolute atomic E-state index is 13.5. The number of amides is 2. The number of hydrogen-bond acceptors (Lipinski definition) is 8. The second-order valence-corrected chi connectivity index (χ2v) is 12.8. The number of hydrogen-bond donors (Lipinski definition) is 4. The number of carbonyl (C=O) groups is 2. The molecular formula is C26H42N6O3S. The quantitative estimate of drug-likeness (QED) is 0.426. The Balaban J connectivity index is 1.16. The molecule has 5 fully saturated rings. The molecule has 0 bridgehead atoms. The standard InChI is InChI=1S/C26H42N6O3S/c1-15-10-18(17-7-3-4-8-21(17)35-2)19(12-29-15)24(33)31-26-30-20-13-32(14-22(20)36-26)25(34)23-16(11-27)6-5-9-28-23/h15-23,26,28-30H,3-10,12-14H2,1-2H3,(H,31,33). The van der Waals surface area contributed by atoms with Crippen LogP contribution in [-0.2, 0) is 14.3 Å². The van der Waals surface area contributed by atoms with Crippen LogP contribution in [-0.4, -0.2) is 85.0 Å². The minimum Gasteiger partial charge on any atom is -0.381 e. The Morgan fingerprint density at radius 3 is 2.72 bits per heavy atom. The van der Waals surface area contributed by atoms with Gasteiger partial charge >= 0.3 is 0 Å². The highest BCUT2D eigenvalue weighted by atomic mass is 32.2. The third-order valence-electron chi connectivity index (χ3n) is 9.19. The first-order chi connectivity index (χ1) is 17.5. The van der Waals surface area contributed by atoms with Gasteiger partial charge in [-0.1, -0.05) is 12.8 Å². The summed E-state index contributed by atoms with van der Waals surface area (Å²) in [5.74, 6) is 0.647. The van der Waals surface area contributed by atoms with Crippen molar-refractivity contribution in [3.8, 4) is 6.07 Å². The molecule has 0 radical (unpaired) electrons. The highest BCUT2D eigenvalue weighted by Gasteiger charge is 2.47. The number of thioether (sulfide) groups is 1. The summed E-state index contributed by atoms with van der Waals surface area (Å²) in [4.78, 5) is 28.5. The molecular weight excluding hydrogens is 476 g/mol. The number of ether oxygens (including phenoxy) is 1. The zero-order chi connectivity index (χ0) is 25.2. The number of likely N-dealkylation sites (tertiary alicyclic amines) is 1. The summed E-state index contributed by atoms with van der Waals surface area (Å²) in [6.45, 7) is 5.01. The predicted octanol–water partition coefficient (Wildman–Crippen LogP) is 1.01. The second kappa shape index (κ2) is 11.6. The molecule has 0 aromatic rings. The van der Waals surface area contributed by atoms with Gasteiger partial charge in [0.1, 0.15) is 11.5 Å². The van der Waals surface area contributed by atoms with Gasteiger partial charge in [0.05, 0.1) is 24.0 Å². The van der Waals surface area contributed by atoms with E-state index in [1.54, 1.807) is 11.8 Å². The number of carbonyl (C=O) groups excluding carboxylic acids is 2. The van der Waals surface area contributed by atoms with Gasteiger partial charge in [-0.25, -0.2) is 0 Å². The van der Waals surface area contributed by atoms with Crippen molar-refractivity contribution in [2.75, 3.05) is 33.3 Å². The van der Waals surface area contributed by atoms with Crippen LogP contribution in [0, 0.1) is 35.0 Å². The number of fused-ring (bicyclic) bond motifs is 1. The van der Waals surface area contributed by atoms with Crippen LogP contribution in [0.25, 0.3) is 0 Å².